The van der Waals surface area contributed by atoms with Crippen molar-refractivity contribution in [3.63, 3.8) is 0 Å². The van der Waals surface area contributed by atoms with E-state index in [1.807, 2.05) is 6.92 Å². The molecule has 5 nitrogen and oxygen atoms in total. The summed E-state index contributed by atoms with van der Waals surface area (Å²) in [5, 5.41) is 9.90. The summed E-state index contributed by atoms with van der Waals surface area (Å²) in [4.78, 5) is 13.1. The lowest BCUT2D eigenvalue weighted by molar-refractivity contribution is 0.942. The molecule has 0 spiro atoms. The maximum Gasteiger partial charge on any atom is 0.134 e. The number of hydrogen-bond donors (Lipinski definition) is 2. The van der Waals surface area contributed by atoms with Gasteiger partial charge in [-0.2, -0.15) is 0 Å². The minimum absolute atomic E-state index is 0.832. The first-order chi connectivity index (χ1) is 9.74. The molecule has 0 aliphatic carbocycles. The molecule has 20 heavy (non-hydrogen) atoms. The highest BCUT2D eigenvalue weighted by molar-refractivity contribution is 7.09. The monoisotopic (exact) mass is 291 g/mol. The summed E-state index contributed by atoms with van der Waals surface area (Å²) in [6.07, 6.45) is 3.42. The number of nitrogens with zero attached hydrogens (tertiary/aromatic N) is 3. The maximum absolute atomic E-state index is 4.46. The van der Waals surface area contributed by atoms with Gasteiger partial charge >= 0.3 is 0 Å². The fourth-order valence-electron chi connectivity index (χ4n) is 2.05. The van der Waals surface area contributed by atoms with Crippen LogP contribution in [0.15, 0.2) is 11.7 Å². The summed E-state index contributed by atoms with van der Waals surface area (Å²) >= 11 is 1.69. The second kappa shape index (κ2) is 7.19. The Bertz CT molecular complexity index is 552. The molecule has 0 atom stereocenters. The van der Waals surface area contributed by atoms with Crippen LogP contribution in [0.2, 0.25) is 0 Å². The Morgan fingerprint density at radius 1 is 1.15 bits per heavy atom. The molecule has 0 bridgehead atoms. The van der Waals surface area contributed by atoms with Gasteiger partial charge in [-0.3, -0.25) is 0 Å². The third-order valence-corrected chi connectivity index (χ3v) is 3.81. The molecule has 6 heteroatoms. The molecule has 0 saturated carbocycles. The van der Waals surface area contributed by atoms with Gasteiger partial charge in [0.25, 0.3) is 0 Å². The zero-order chi connectivity index (χ0) is 14.4. The highest BCUT2D eigenvalue weighted by atomic mass is 32.1. The lowest BCUT2D eigenvalue weighted by atomic mass is 10.2. The Balaban J connectivity index is 1.99. The summed E-state index contributed by atoms with van der Waals surface area (Å²) in [6, 6.07) is 0. The summed E-state index contributed by atoms with van der Waals surface area (Å²) in [5.41, 5.74) is 2.28. The number of thiazole rings is 1. The van der Waals surface area contributed by atoms with Gasteiger partial charge in [-0.25, -0.2) is 15.0 Å². The fourth-order valence-corrected chi connectivity index (χ4v) is 2.70. The van der Waals surface area contributed by atoms with Gasteiger partial charge in [0.1, 0.15) is 18.0 Å². The van der Waals surface area contributed by atoms with Crippen molar-refractivity contribution in [2.24, 2.45) is 0 Å². The highest BCUT2D eigenvalue weighted by Gasteiger charge is 2.08. The molecule has 2 rings (SSSR count). The average Bonchev–Trinajstić information content (AvgIpc) is 2.85. The minimum atomic E-state index is 0.832. The number of rotatable bonds is 7. The van der Waals surface area contributed by atoms with E-state index in [9.17, 15) is 0 Å². The second-order valence-corrected chi connectivity index (χ2v) is 5.53. The van der Waals surface area contributed by atoms with Gasteiger partial charge in [0.2, 0.25) is 0 Å². The molecule has 0 aromatic carbocycles. The topological polar surface area (TPSA) is 62.7 Å². The Hall–Kier alpha value is -1.69. The van der Waals surface area contributed by atoms with E-state index in [1.165, 1.54) is 0 Å². The van der Waals surface area contributed by atoms with Crippen LogP contribution in [0, 0.1) is 6.92 Å². The zero-order valence-electron chi connectivity index (χ0n) is 12.2. The second-order valence-electron chi connectivity index (χ2n) is 4.47. The highest BCUT2D eigenvalue weighted by Crippen LogP contribution is 2.20. The Kier molecular flexibility index (Phi) is 5.29. The van der Waals surface area contributed by atoms with Crippen LogP contribution in [-0.4, -0.2) is 28.0 Å². The van der Waals surface area contributed by atoms with Gasteiger partial charge in [-0.1, -0.05) is 6.92 Å². The fraction of sp³-hybridized carbons (Fsp3) is 0.500. The van der Waals surface area contributed by atoms with Crippen LogP contribution in [0.25, 0.3) is 0 Å². The number of anilines is 2. The first-order valence-electron chi connectivity index (χ1n) is 6.97. The maximum atomic E-state index is 4.46. The van der Waals surface area contributed by atoms with Gasteiger partial charge in [0.15, 0.2) is 0 Å². The number of aromatic nitrogens is 3. The Morgan fingerprint density at radius 3 is 2.50 bits per heavy atom. The van der Waals surface area contributed by atoms with E-state index in [1.54, 1.807) is 17.7 Å². The third kappa shape index (κ3) is 3.66. The summed E-state index contributed by atoms with van der Waals surface area (Å²) in [6.45, 7) is 7.91. The minimum Gasteiger partial charge on any atom is -0.370 e. The lowest BCUT2D eigenvalue weighted by Gasteiger charge is -2.13. The lowest BCUT2D eigenvalue weighted by Crippen LogP contribution is -2.12. The van der Waals surface area contributed by atoms with Crippen molar-refractivity contribution in [3.8, 4) is 0 Å². The van der Waals surface area contributed by atoms with Crippen molar-refractivity contribution >= 4 is 23.0 Å². The zero-order valence-corrected chi connectivity index (χ0v) is 13.0. The molecule has 2 heterocycles. The van der Waals surface area contributed by atoms with Crippen molar-refractivity contribution in [1.29, 1.82) is 0 Å². The van der Waals surface area contributed by atoms with Crippen molar-refractivity contribution in [3.05, 3.63) is 28.0 Å². The van der Waals surface area contributed by atoms with Crippen LogP contribution in [0.4, 0.5) is 11.6 Å². The molecule has 0 unspecified atom stereocenters. The van der Waals surface area contributed by atoms with Crippen LogP contribution in [0.1, 0.15) is 30.1 Å². The smallest absolute Gasteiger partial charge is 0.134 e. The van der Waals surface area contributed by atoms with Crippen LogP contribution in [0.3, 0.4) is 0 Å². The summed E-state index contributed by atoms with van der Waals surface area (Å²) in [7, 11) is 0. The molecule has 108 valence electrons. The normalized spacial score (nSPS) is 10.6. The van der Waals surface area contributed by atoms with Gasteiger partial charge in [-0.15, -0.1) is 11.3 Å². The van der Waals surface area contributed by atoms with Crippen molar-refractivity contribution in [2.45, 2.75) is 33.6 Å². The van der Waals surface area contributed by atoms with Crippen LogP contribution in [0.5, 0.6) is 0 Å². The molecular weight excluding hydrogens is 270 g/mol. The number of aryl methyl sites for hydroxylation is 1. The van der Waals surface area contributed by atoms with E-state index in [-0.39, 0.29) is 0 Å². The van der Waals surface area contributed by atoms with E-state index >= 15 is 0 Å². The van der Waals surface area contributed by atoms with Crippen LogP contribution in [-0.2, 0) is 12.8 Å². The molecule has 0 amide bonds. The van der Waals surface area contributed by atoms with Crippen LogP contribution >= 0.6 is 11.3 Å². The van der Waals surface area contributed by atoms with E-state index in [4.69, 9.17) is 0 Å². The van der Waals surface area contributed by atoms with Crippen LogP contribution < -0.4 is 10.6 Å². The van der Waals surface area contributed by atoms with Gasteiger partial charge in [-0.05, 0) is 20.3 Å². The molecule has 0 saturated heterocycles. The SMILES string of the molecule is CCNc1ncnc(NCCc2csc(C)n2)c1CC. The van der Waals surface area contributed by atoms with Crippen molar-refractivity contribution < 1.29 is 0 Å². The van der Waals surface area contributed by atoms with E-state index in [0.717, 1.165) is 53.8 Å². The predicted octanol–water partition coefficient (Wildman–Crippen LogP) is 2.89. The van der Waals surface area contributed by atoms with Gasteiger partial charge in [0, 0.05) is 30.5 Å². The molecule has 2 N–H and O–H groups in total. The van der Waals surface area contributed by atoms with E-state index in [0.29, 0.717) is 0 Å². The molecule has 0 aliphatic rings. The van der Waals surface area contributed by atoms with E-state index in [2.05, 4.69) is 44.8 Å². The number of nitrogens with one attached hydrogen (secondary N) is 2. The number of hydrogen-bond acceptors (Lipinski definition) is 6. The summed E-state index contributed by atoms with van der Waals surface area (Å²) in [5.74, 6) is 1.85. The molecule has 2 aromatic heterocycles. The van der Waals surface area contributed by atoms with Crippen molar-refractivity contribution in [1.82, 2.24) is 15.0 Å². The molecule has 0 fully saturated rings. The van der Waals surface area contributed by atoms with E-state index < -0.39 is 0 Å². The Morgan fingerprint density at radius 2 is 1.90 bits per heavy atom. The molecule has 0 aliphatic heterocycles. The predicted molar refractivity (Wildman–Crippen MR) is 84.6 cm³/mol. The van der Waals surface area contributed by atoms with Gasteiger partial charge < -0.3 is 10.6 Å². The van der Waals surface area contributed by atoms with Gasteiger partial charge in [0.05, 0.1) is 10.7 Å². The summed E-state index contributed by atoms with van der Waals surface area (Å²) < 4.78 is 0. The van der Waals surface area contributed by atoms with Crippen molar-refractivity contribution in [2.75, 3.05) is 23.7 Å². The quantitative estimate of drug-likeness (QED) is 0.821. The first kappa shape index (κ1) is 14.7. The molecule has 2 aromatic rings. The standard InChI is InChI=1S/C14H21N5S/c1-4-12-13(15-5-2)17-9-18-14(12)16-7-6-11-8-20-10(3)19-11/h8-9H,4-7H2,1-3H3,(H2,15,16,17,18). The molecule has 0 radical (unpaired) electrons. The third-order valence-electron chi connectivity index (χ3n) is 2.98. The Labute approximate surface area is 123 Å². The first-order valence-corrected chi connectivity index (χ1v) is 7.85. The molecular formula is C14H21N5S. The largest absolute Gasteiger partial charge is 0.370 e. The average molecular weight is 291 g/mol.